The molecule has 3 rings (SSSR count). The molecular formula is C114H216OS8. The normalized spacial score (nSPS) is 13.4. The van der Waals surface area contributed by atoms with Crippen LogP contribution in [0.1, 0.15) is 475 Å². The molecule has 0 fully saturated rings. The highest BCUT2D eigenvalue weighted by atomic mass is 32.2. The Morgan fingerprint density at radius 3 is 0.959 bits per heavy atom. The van der Waals surface area contributed by atoms with Crippen LogP contribution in [0.15, 0.2) is 84.9 Å². The molecule has 0 aliphatic heterocycles. The van der Waals surface area contributed by atoms with E-state index < -0.39 is 0 Å². The van der Waals surface area contributed by atoms with Gasteiger partial charge in [0.05, 0.1) is 0 Å². The van der Waals surface area contributed by atoms with E-state index in [1.165, 1.54) is 153 Å². The Morgan fingerprint density at radius 2 is 0.593 bits per heavy atom. The molecule has 0 aliphatic rings. The van der Waals surface area contributed by atoms with Crippen molar-refractivity contribution in [1.82, 2.24) is 0 Å². The van der Waals surface area contributed by atoms with E-state index in [2.05, 4.69) is 486 Å². The van der Waals surface area contributed by atoms with Crippen molar-refractivity contribution in [1.29, 1.82) is 0 Å². The molecule has 9 heteroatoms. The molecule has 0 spiro atoms. The van der Waals surface area contributed by atoms with Crippen LogP contribution in [0, 0.1) is 54.1 Å². The second-order valence-electron chi connectivity index (χ2n) is 54.2. The highest BCUT2D eigenvalue weighted by Gasteiger charge is 2.29. The topological polar surface area (TPSA) is 17.1 Å². The van der Waals surface area contributed by atoms with Crippen molar-refractivity contribution < 1.29 is 4.79 Å². The van der Waals surface area contributed by atoms with Crippen LogP contribution in [0.2, 0.25) is 0 Å². The van der Waals surface area contributed by atoms with Gasteiger partial charge in [0.25, 0.3) is 0 Å². The summed E-state index contributed by atoms with van der Waals surface area (Å²) in [6.07, 6.45) is 25.2. The molecule has 0 atom stereocenters. The van der Waals surface area contributed by atoms with Crippen molar-refractivity contribution in [3.05, 3.63) is 118 Å². The first-order chi connectivity index (χ1) is 54.4. The molecule has 0 aromatic heterocycles. The van der Waals surface area contributed by atoms with E-state index in [1.54, 1.807) is 0 Å². The molecule has 726 valence electrons. The molecule has 0 amide bonds. The van der Waals surface area contributed by atoms with Crippen LogP contribution in [-0.2, 0) is 31.4 Å². The summed E-state index contributed by atoms with van der Waals surface area (Å²) in [4.78, 5) is 12.3. The molecule has 3 aromatic carbocycles. The van der Waals surface area contributed by atoms with Gasteiger partial charge in [-0.15, -0.1) is 0 Å². The summed E-state index contributed by atoms with van der Waals surface area (Å²) in [5, 5.41) is 0.183. The third-order valence-electron chi connectivity index (χ3n) is 17.8. The van der Waals surface area contributed by atoms with Crippen LogP contribution < -0.4 is 0 Å². The van der Waals surface area contributed by atoms with E-state index >= 15 is 0 Å². The maximum absolute atomic E-state index is 12.3. The van der Waals surface area contributed by atoms with Gasteiger partial charge in [-0.25, -0.2) is 0 Å². The highest BCUT2D eigenvalue weighted by molar-refractivity contribution is 8.15. The van der Waals surface area contributed by atoms with Gasteiger partial charge in [-0.2, -0.15) is 82.3 Å². The van der Waals surface area contributed by atoms with Crippen molar-refractivity contribution in [2.24, 2.45) is 54.1 Å². The predicted molar refractivity (Wildman–Crippen MR) is 598 cm³/mol. The summed E-state index contributed by atoms with van der Waals surface area (Å²) in [6, 6.07) is 25.8. The molecule has 0 N–H and O–H groups in total. The minimum absolute atomic E-state index is 0.0358. The Balaban J connectivity index is -0.000000433. The van der Waals surface area contributed by atoms with Crippen LogP contribution in [0.25, 0.3) is 0 Å². The van der Waals surface area contributed by atoms with Gasteiger partial charge < -0.3 is 0 Å². The summed E-state index contributed by atoms with van der Waals surface area (Å²) in [5.41, 5.74) is 12.4. The minimum Gasteiger partial charge on any atom is -0.282 e. The van der Waals surface area contributed by atoms with Crippen LogP contribution >= 0.6 is 94.1 Å². The van der Waals surface area contributed by atoms with Gasteiger partial charge in [-0.05, 0) is 194 Å². The van der Waals surface area contributed by atoms with E-state index in [0.717, 1.165) is 35.5 Å². The Labute approximate surface area is 810 Å². The molecule has 123 heavy (non-hydrogen) atoms. The number of unbranched alkanes of at least 4 members (excludes halogenated alkanes) is 3. The smallest absolute Gasteiger partial charge is 0.220 e. The molecule has 0 unspecified atom stereocenters. The summed E-state index contributed by atoms with van der Waals surface area (Å²) in [5.74, 6) is 8.67. The van der Waals surface area contributed by atoms with E-state index in [1.807, 2.05) is 41.7 Å². The first kappa shape index (κ1) is 131. The van der Waals surface area contributed by atoms with Gasteiger partial charge >= 0.3 is 0 Å². The molecule has 1 nitrogen and oxygen atoms in total. The lowest BCUT2D eigenvalue weighted by Crippen LogP contribution is -2.22. The molecular weight excluding hydrogens is 1640 g/mol. The number of rotatable bonds is 29. The van der Waals surface area contributed by atoms with Crippen LogP contribution in [-0.4, -0.2) is 77.6 Å². The molecule has 0 bridgehead atoms. The van der Waals surface area contributed by atoms with E-state index in [0.29, 0.717) is 82.0 Å². The van der Waals surface area contributed by atoms with Gasteiger partial charge in [-0.3, -0.25) is 4.79 Å². The van der Waals surface area contributed by atoms with E-state index in [-0.39, 0.29) is 15.3 Å². The first-order valence-electron chi connectivity index (χ1n) is 48.0. The van der Waals surface area contributed by atoms with Crippen LogP contribution in [0.3, 0.4) is 0 Å². The lowest BCUT2D eigenvalue weighted by atomic mass is 9.75. The highest BCUT2D eigenvalue weighted by Crippen LogP contribution is 2.41. The predicted octanol–water partition coefficient (Wildman–Crippen LogP) is 40.7. The van der Waals surface area contributed by atoms with Crippen molar-refractivity contribution in [2.75, 3.05) is 34.5 Å². The lowest BCUT2D eigenvalue weighted by Gasteiger charge is -2.33. The second-order valence-corrected chi connectivity index (χ2v) is 69.2. The fraction of sp³-hybridized carbons (Fsp3) is 0.816. The van der Waals surface area contributed by atoms with Crippen molar-refractivity contribution in [2.45, 2.75) is 506 Å². The Bertz CT molecular complexity index is 3120. The lowest BCUT2D eigenvalue weighted by molar-refractivity contribution is 0.108. The monoisotopic (exact) mass is 1860 g/mol. The Hall–Kier alpha value is -0.130. The second kappa shape index (κ2) is 58.9. The quantitative estimate of drug-likeness (QED) is 0.0495. The summed E-state index contributed by atoms with van der Waals surface area (Å²) >= 11 is 15.8. The fourth-order valence-corrected chi connectivity index (χ4v) is 19.7. The SMILES string of the molecule is CC(C)(C)C/C=C\CSC(C)(C)C.CC(C)(C)CC(C)(C)CCSC(C)(C)C.CC(C)(C)CCC(C)(C)CSC(C)(C)C.CC(C)(C)CCCCCSC(C)(C)C.CC(C)(C)CCCCSC(C)(C)C.CC(C)(C)Cc1ccccc1C(=O)SC(C)(C)C.CC(C)(C)Cc1ccccc1CCSC(C)(C)C.CC(C)(C)Cc1ccccc1CSC(C)(C)C. The fourth-order valence-electron chi connectivity index (χ4n) is 12.1. The number of allylic oxidation sites excluding steroid dienone is 1. The average molecular weight is 1860 g/mol. The van der Waals surface area contributed by atoms with Crippen molar-refractivity contribution >= 4 is 99.2 Å². The zero-order valence-corrected chi connectivity index (χ0v) is 99.1. The van der Waals surface area contributed by atoms with Gasteiger partial charge in [0.2, 0.25) is 5.12 Å². The largest absolute Gasteiger partial charge is 0.282 e. The van der Waals surface area contributed by atoms with Gasteiger partial charge in [-0.1, -0.05) is 476 Å². The minimum atomic E-state index is -0.0358. The molecule has 0 saturated heterocycles. The number of hydrogen-bond donors (Lipinski definition) is 0. The van der Waals surface area contributed by atoms with Crippen molar-refractivity contribution in [3.8, 4) is 0 Å². The number of aryl methyl sites for hydroxylation is 1. The van der Waals surface area contributed by atoms with Gasteiger partial charge in [0.15, 0.2) is 0 Å². The molecule has 0 aliphatic carbocycles. The third-order valence-corrected chi connectivity index (χ3v) is 28.5. The summed E-state index contributed by atoms with van der Waals surface area (Å²) in [6.45, 7) is 119. The maximum atomic E-state index is 12.3. The van der Waals surface area contributed by atoms with Crippen molar-refractivity contribution in [3.63, 3.8) is 0 Å². The standard InChI is InChI=1S/C17H28S.C16H24OS.C16H26S.2C14H30S.C13H28S.C12H26S.C12H24S/c1-16(2,3)13-15-10-8-7-9-14(15)11-12-18-17(4,5)6;1-15(2,3)11-12-9-7-8-10-13(12)14(17)18-16(4,5)6;1-15(2,3)11-13-9-7-8-10-14(13)12-17-16(4,5)6;1-12(2,3)11-14(7,8)9-10-15-13(4,5)6;1-12(2,3)9-10-14(7,8)11-15-13(4,5)6;1-12(2,3)10-8-7-9-11-14-13(4,5)6;2*1-11(2,3)9-7-8-10-13-12(4,5)6/h7-10H,11-13H2,1-6H3;7-10H,11H2,1-6H3;7-10H,11-12H2,1-6H3;2*9-11H2,1-8H3;7-11H2,1-6H3;7-10H2,1-6H3;7-8H,9-10H2,1-6H3/b;;;;;;;8-7-. The number of hydrogen-bond acceptors (Lipinski definition) is 9. The Kier molecular flexibility index (Phi) is 62.9. The average Bonchev–Trinajstić information content (AvgIpc) is 0.841. The zero-order chi connectivity index (χ0) is 97.9. The molecule has 0 saturated carbocycles. The number of carbonyl (C=O) groups is 1. The maximum Gasteiger partial charge on any atom is 0.220 e. The van der Waals surface area contributed by atoms with Gasteiger partial charge in [0.1, 0.15) is 0 Å². The third kappa shape index (κ3) is 105. The summed E-state index contributed by atoms with van der Waals surface area (Å²) in [7, 11) is 0. The van der Waals surface area contributed by atoms with E-state index in [4.69, 9.17) is 0 Å². The molecule has 3 aromatic rings. The van der Waals surface area contributed by atoms with E-state index in [9.17, 15) is 4.79 Å². The van der Waals surface area contributed by atoms with Crippen LogP contribution in [0.4, 0.5) is 0 Å². The molecule has 0 heterocycles. The number of benzene rings is 3. The number of thioether (sulfide) groups is 8. The first-order valence-corrected chi connectivity index (χ1v) is 55.7. The Morgan fingerprint density at radius 1 is 0.260 bits per heavy atom. The molecule has 0 radical (unpaired) electrons. The van der Waals surface area contributed by atoms with Crippen LogP contribution in [0.5, 0.6) is 0 Å². The summed E-state index contributed by atoms with van der Waals surface area (Å²) < 4.78 is 2.79. The van der Waals surface area contributed by atoms with Gasteiger partial charge in [0, 0.05) is 55.0 Å². The zero-order valence-electron chi connectivity index (χ0n) is 92.5. The number of carbonyl (C=O) groups excluding carboxylic acids is 1.